The maximum atomic E-state index is 16.9. The highest BCUT2D eigenvalue weighted by atomic mass is 19.3. The number of anilines is 1. The molecule has 2 aromatic carbocycles. The first-order valence-electron chi connectivity index (χ1n) is 15.8. The zero-order valence-corrected chi connectivity index (χ0v) is 25.6. The SMILES string of the molecule is CCC[C@@H]1NCCN2c3nc(OC[C@@]45CCCN4CC(F)(F)C5)nc4c(F)c(-c5c(F)ccc6cnn(C)c56)c(F)c(c34)OC[C@H]12. The third-order valence-electron chi connectivity index (χ3n) is 10.2. The lowest BCUT2D eigenvalue weighted by Crippen LogP contribution is -2.60. The van der Waals surface area contributed by atoms with E-state index in [2.05, 4.69) is 22.3 Å². The number of fused-ring (bicyclic) bond motifs is 4. The average molecular weight is 644 g/mol. The molecule has 3 atom stereocenters. The Kier molecular flexibility index (Phi) is 6.84. The summed E-state index contributed by atoms with van der Waals surface area (Å²) in [7, 11) is 1.57. The number of aryl methyl sites for hydroxylation is 1. The monoisotopic (exact) mass is 643 g/mol. The number of nitrogens with one attached hydrogen (secondary N) is 1. The standard InChI is InChI=1S/C32H34F5N7O2/c1-3-5-19-20-13-45-28-23-26(24(34)22(25(28)35)21-18(33)7-6-17-12-39-42(2)27(17)21)40-30(41-29(23)44(20)11-9-38-19)46-16-31-8-4-10-43(31)15-32(36,37)14-31/h6-7,12,19-20,38H,3-5,8-11,13-16H2,1-2H3/t19-,20+,31-/m0/s1. The van der Waals surface area contributed by atoms with E-state index in [4.69, 9.17) is 14.5 Å². The van der Waals surface area contributed by atoms with E-state index in [9.17, 15) is 8.78 Å². The van der Waals surface area contributed by atoms with Gasteiger partial charge in [0, 0.05) is 43.5 Å². The number of aromatic nitrogens is 4. The van der Waals surface area contributed by atoms with E-state index < -0.39 is 34.5 Å². The molecule has 1 N–H and O–H groups in total. The molecule has 0 aliphatic carbocycles. The predicted octanol–water partition coefficient (Wildman–Crippen LogP) is 5.19. The quantitative estimate of drug-likeness (QED) is 0.288. The van der Waals surface area contributed by atoms with Crippen molar-refractivity contribution in [3.63, 3.8) is 0 Å². The first kappa shape index (κ1) is 29.6. The number of piperazine rings is 1. The molecule has 0 spiro atoms. The van der Waals surface area contributed by atoms with Gasteiger partial charge in [-0.15, -0.1) is 0 Å². The van der Waals surface area contributed by atoms with Crippen LogP contribution in [0, 0.1) is 17.5 Å². The van der Waals surface area contributed by atoms with Gasteiger partial charge in [0.2, 0.25) is 0 Å². The number of alkyl halides is 2. The summed E-state index contributed by atoms with van der Waals surface area (Å²) in [6.07, 6.45) is 4.11. The molecule has 0 bridgehead atoms. The molecular formula is C32H34F5N7O2. The van der Waals surface area contributed by atoms with E-state index in [1.807, 2.05) is 4.90 Å². The molecule has 8 rings (SSSR count). The van der Waals surface area contributed by atoms with Crippen molar-refractivity contribution in [3.8, 4) is 22.9 Å². The number of hydrogen-bond acceptors (Lipinski definition) is 8. The Morgan fingerprint density at radius 2 is 1.96 bits per heavy atom. The van der Waals surface area contributed by atoms with Crippen molar-refractivity contribution in [2.75, 3.05) is 44.3 Å². The van der Waals surface area contributed by atoms with Crippen LogP contribution < -0.4 is 19.7 Å². The van der Waals surface area contributed by atoms with Gasteiger partial charge in [-0.2, -0.15) is 15.1 Å². The lowest BCUT2D eigenvalue weighted by Gasteiger charge is -2.41. The molecule has 0 amide bonds. The third-order valence-corrected chi connectivity index (χ3v) is 10.2. The Morgan fingerprint density at radius 3 is 2.78 bits per heavy atom. The van der Waals surface area contributed by atoms with Crippen LogP contribution in [0.3, 0.4) is 0 Å². The summed E-state index contributed by atoms with van der Waals surface area (Å²) < 4.78 is 91.9. The van der Waals surface area contributed by atoms with E-state index >= 15 is 13.2 Å². The number of ether oxygens (including phenoxy) is 2. The topological polar surface area (TPSA) is 80.6 Å². The molecule has 46 heavy (non-hydrogen) atoms. The molecule has 4 aliphatic heterocycles. The van der Waals surface area contributed by atoms with Crippen LogP contribution in [0.5, 0.6) is 11.8 Å². The van der Waals surface area contributed by atoms with E-state index in [1.165, 1.54) is 16.9 Å². The number of rotatable bonds is 6. The zero-order valence-electron chi connectivity index (χ0n) is 25.6. The Balaban J connectivity index is 1.33. The lowest BCUT2D eigenvalue weighted by atomic mass is 9.94. The van der Waals surface area contributed by atoms with Crippen LogP contribution >= 0.6 is 0 Å². The van der Waals surface area contributed by atoms with Gasteiger partial charge in [-0.05, 0) is 37.9 Å². The minimum absolute atomic E-state index is 0.0244. The third kappa shape index (κ3) is 4.43. The fourth-order valence-electron chi connectivity index (χ4n) is 8.15. The van der Waals surface area contributed by atoms with Crippen LogP contribution in [0.4, 0.5) is 27.8 Å². The molecule has 4 aliphatic rings. The number of benzene rings is 2. The van der Waals surface area contributed by atoms with Crippen molar-refractivity contribution in [2.24, 2.45) is 7.05 Å². The van der Waals surface area contributed by atoms with Gasteiger partial charge in [0.1, 0.15) is 30.4 Å². The number of halogens is 5. The zero-order chi connectivity index (χ0) is 32.0. The maximum absolute atomic E-state index is 16.9. The van der Waals surface area contributed by atoms with Gasteiger partial charge in [-0.25, -0.2) is 22.0 Å². The normalized spacial score (nSPS) is 25.5. The van der Waals surface area contributed by atoms with Crippen molar-refractivity contribution in [1.82, 2.24) is 30.0 Å². The first-order chi connectivity index (χ1) is 22.1. The molecule has 2 aromatic heterocycles. The van der Waals surface area contributed by atoms with Crippen LogP contribution in [0.1, 0.15) is 39.0 Å². The fraction of sp³-hybridized carbons (Fsp3) is 0.531. The van der Waals surface area contributed by atoms with E-state index in [1.54, 1.807) is 11.9 Å². The lowest BCUT2D eigenvalue weighted by molar-refractivity contribution is 0.00803. The van der Waals surface area contributed by atoms with Crippen LogP contribution in [-0.2, 0) is 7.05 Å². The van der Waals surface area contributed by atoms with Gasteiger partial charge in [-0.1, -0.05) is 13.3 Å². The predicted molar refractivity (Wildman–Crippen MR) is 161 cm³/mol. The largest absolute Gasteiger partial charge is 0.487 e. The van der Waals surface area contributed by atoms with Gasteiger partial charge in [0.05, 0.1) is 40.8 Å². The molecule has 244 valence electrons. The minimum Gasteiger partial charge on any atom is -0.487 e. The second-order valence-electron chi connectivity index (χ2n) is 13.0. The van der Waals surface area contributed by atoms with E-state index in [-0.39, 0.29) is 77.8 Å². The van der Waals surface area contributed by atoms with Crippen molar-refractivity contribution in [1.29, 1.82) is 0 Å². The molecular weight excluding hydrogens is 609 g/mol. The van der Waals surface area contributed by atoms with Gasteiger partial charge in [0.15, 0.2) is 17.4 Å². The summed E-state index contributed by atoms with van der Waals surface area (Å²) in [6, 6.07) is 2.11. The fourth-order valence-corrected chi connectivity index (χ4v) is 8.15. The maximum Gasteiger partial charge on any atom is 0.319 e. The highest BCUT2D eigenvalue weighted by Crippen LogP contribution is 2.48. The Bertz CT molecular complexity index is 1870. The first-order valence-corrected chi connectivity index (χ1v) is 15.8. The highest BCUT2D eigenvalue weighted by Gasteiger charge is 2.57. The molecule has 0 radical (unpaired) electrons. The molecule has 4 aromatic rings. The van der Waals surface area contributed by atoms with Crippen LogP contribution in [0.15, 0.2) is 18.3 Å². The minimum atomic E-state index is -2.85. The summed E-state index contributed by atoms with van der Waals surface area (Å²) in [5.74, 6) is -5.89. The Hall–Kier alpha value is -3.78. The van der Waals surface area contributed by atoms with Crippen LogP contribution in [-0.4, -0.2) is 87.6 Å². The van der Waals surface area contributed by atoms with Gasteiger partial charge >= 0.3 is 6.01 Å². The van der Waals surface area contributed by atoms with Gasteiger partial charge < -0.3 is 19.7 Å². The Labute approximate surface area is 261 Å². The highest BCUT2D eigenvalue weighted by molar-refractivity contribution is 6.03. The summed E-state index contributed by atoms with van der Waals surface area (Å²) in [5.41, 5.74) is -1.93. The summed E-state index contributed by atoms with van der Waals surface area (Å²) in [6.45, 7) is 3.28. The van der Waals surface area contributed by atoms with Gasteiger partial charge in [-0.3, -0.25) is 9.58 Å². The smallest absolute Gasteiger partial charge is 0.319 e. The summed E-state index contributed by atoms with van der Waals surface area (Å²) in [4.78, 5) is 12.8. The summed E-state index contributed by atoms with van der Waals surface area (Å²) >= 11 is 0. The second-order valence-corrected chi connectivity index (χ2v) is 13.0. The molecule has 0 unspecified atom stereocenters. The molecule has 6 heterocycles. The van der Waals surface area contributed by atoms with Crippen LogP contribution in [0.2, 0.25) is 0 Å². The average Bonchev–Trinajstić information content (AvgIpc) is 3.62. The number of hydrogen-bond donors (Lipinski definition) is 1. The second kappa shape index (κ2) is 10.6. The van der Waals surface area contributed by atoms with Crippen molar-refractivity contribution < 1.29 is 31.4 Å². The molecule has 9 nitrogen and oxygen atoms in total. The molecule has 14 heteroatoms. The summed E-state index contributed by atoms with van der Waals surface area (Å²) in [5, 5.41) is 8.20. The number of nitrogens with zero attached hydrogens (tertiary/aromatic N) is 6. The van der Waals surface area contributed by atoms with Crippen molar-refractivity contribution in [2.45, 2.75) is 62.6 Å². The van der Waals surface area contributed by atoms with Crippen molar-refractivity contribution >= 4 is 27.6 Å². The van der Waals surface area contributed by atoms with E-state index in [0.29, 0.717) is 31.4 Å². The molecule has 3 saturated heterocycles. The van der Waals surface area contributed by atoms with E-state index in [0.717, 1.165) is 25.3 Å². The molecule has 0 saturated carbocycles. The molecule has 3 fully saturated rings. The van der Waals surface area contributed by atoms with Crippen molar-refractivity contribution in [3.05, 3.63) is 35.8 Å². The Morgan fingerprint density at radius 1 is 1.11 bits per heavy atom. The van der Waals surface area contributed by atoms with Crippen LogP contribution in [0.25, 0.3) is 32.9 Å². The van der Waals surface area contributed by atoms with Gasteiger partial charge in [0.25, 0.3) is 5.92 Å².